The maximum atomic E-state index is 12.3. The van der Waals surface area contributed by atoms with Gasteiger partial charge in [-0.1, -0.05) is 12.1 Å². The van der Waals surface area contributed by atoms with Gasteiger partial charge in [0.05, 0.1) is 11.1 Å². The van der Waals surface area contributed by atoms with Gasteiger partial charge in [-0.05, 0) is 25.0 Å². The Hall–Kier alpha value is -2.17. The zero-order valence-electron chi connectivity index (χ0n) is 10.6. The van der Waals surface area contributed by atoms with Crippen molar-refractivity contribution in [1.82, 2.24) is 9.80 Å². The highest BCUT2D eigenvalue weighted by atomic mass is 16.2. The molecule has 2 aliphatic rings. The van der Waals surface area contributed by atoms with Crippen LogP contribution in [0.5, 0.6) is 0 Å². The first kappa shape index (κ1) is 11.9. The number of hydrogen-bond donors (Lipinski definition) is 0. The molecule has 0 aromatic heterocycles. The molecule has 5 nitrogen and oxygen atoms in total. The molecular formula is C14H14N2O3. The molecule has 1 saturated heterocycles. The molecule has 0 spiro atoms. The highest BCUT2D eigenvalue weighted by molar-refractivity contribution is 6.22. The standard InChI is InChI=1S/C14H14N2O3/c1-15-8-4-7-11(14(15)19)16-12(17)9-5-2-3-6-10(9)13(16)18/h2-3,5-6,11H,4,7-8H2,1H3/t11-/m1/s1. The van der Waals surface area contributed by atoms with Crippen molar-refractivity contribution in [3.05, 3.63) is 35.4 Å². The monoisotopic (exact) mass is 258 g/mol. The van der Waals surface area contributed by atoms with Gasteiger partial charge in [0.25, 0.3) is 11.8 Å². The third kappa shape index (κ3) is 1.65. The average molecular weight is 258 g/mol. The SMILES string of the molecule is CN1CCC[C@@H](N2C(=O)c3ccccc3C2=O)C1=O. The summed E-state index contributed by atoms with van der Waals surface area (Å²) in [4.78, 5) is 39.4. The second-order valence-corrected chi connectivity index (χ2v) is 4.94. The van der Waals surface area contributed by atoms with Crippen LogP contribution >= 0.6 is 0 Å². The summed E-state index contributed by atoms with van der Waals surface area (Å²) in [5, 5.41) is 0. The fourth-order valence-electron chi connectivity index (χ4n) is 2.74. The van der Waals surface area contributed by atoms with Crippen LogP contribution in [0.25, 0.3) is 0 Å². The second kappa shape index (κ2) is 4.19. The lowest BCUT2D eigenvalue weighted by molar-refractivity contribution is -0.136. The molecule has 0 radical (unpaired) electrons. The third-order valence-electron chi connectivity index (χ3n) is 3.77. The van der Waals surface area contributed by atoms with Gasteiger partial charge in [-0.25, -0.2) is 0 Å². The van der Waals surface area contributed by atoms with E-state index in [0.29, 0.717) is 24.1 Å². The Bertz CT molecular complexity index is 547. The Morgan fingerprint density at radius 3 is 2.21 bits per heavy atom. The number of hydrogen-bond acceptors (Lipinski definition) is 3. The molecule has 0 N–H and O–H groups in total. The van der Waals surface area contributed by atoms with Crippen LogP contribution in [0.4, 0.5) is 0 Å². The smallest absolute Gasteiger partial charge is 0.262 e. The minimum absolute atomic E-state index is 0.152. The number of nitrogens with zero attached hydrogens (tertiary/aromatic N) is 2. The Labute approximate surface area is 110 Å². The molecule has 3 amide bonds. The van der Waals surface area contributed by atoms with Crippen molar-refractivity contribution in [2.24, 2.45) is 0 Å². The van der Waals surface area contributed by atoms with Crippen molar-refractivity contribution in [2.75, 3.05) is 13.6 Å². The summed E-state index contributed by atoms with van der Waals surface area (Å²) in [5.41, 5.74) is 0.794. The van der Waals surface area contributed by atoms with Gasteiger partial charge in [0, 0.05) is 13.6 Å². The zero-order valence-corrected chi connectivity index (χ0v) is 10.6. The third-order valence-corrected chi connectivity index (χ3v) is 3.77. The highest BCUT2D eigenvalue weighted by Crippen LogP contribution is 2.28. The van der Waals surface area contributed by atoms with E-state index in [0.717, 1.165) is 11.3 Å². The number of rotatable bonds is 1. The number of carbonyl (C=O) groups excluding carboxylic acids is 3. The van der Waals surface area contributed by atoms with Crippen molar-refractivity contribution in [3.8, 4) is 0 Å². The quantitative estimate of drug-likeness (QED) is 0.703. The number of likely N-dealkylation sites (N-methyl/N-ethyl adjacent to an activating group) is 1. The fraction of sp³-hybridized carbons (Fsp3) is 0.357. The molecule has 0 aliphatic carbocycles. The first-order valence-corrected chi connectivity index (χ1v) is 6.33. The van der Waals surface area contributed by atoms with Crippen molar-refractivity contribution in [3.63, 3.8) is 0 Å². The first-order chi connectivity index (χ1) is 9.11. The van der Waals surface area contributed by atoms with E-state index < -0.39 is 6.04 Å². The van der Waals surface area contributed by atoms with Crippen molar-refractivity contribution in [2.45, 2.75) is 18.9 Å². The average Bonchev–Trinajstić information content (AvgIpc) is 2.67. The molecule has 2 heterocycles. The Balaban J connectivity index is 1.98. The molecule has 1 fully saturated rings. The van der Waals surface area contributed by atoms with Crippen LogP contribution in [-0.4, -0.2) is 47.2 Å². The fourth-order valence-corrected chi connectivity index (χ4v) is 2.74. The maximum absolute atomic E-state index is 12.3. The molecular weight excluding hydrogens is 244 g/mol. The topological polar surface area (TPSA) is 57.7 Å². The van der Waals surface area contributed by atoms with Crippen LogP contribution in [0.3, 0.4) is 0 Å². The molecule has 3 rings (SSSR count). The van der Waals surface area contributed by atoms with Gasteiger partial charge < -0.3 is 4.90 Å². The van der Waals surface area contributed by atoms with Crippen molar-refractivity contribution in [1.29, 1.82) is 0 Å². The lowest BCUT2D eigenvalue weighted by Gasteiger charge is -2.33. The van der Waals surface area contributed by atoms with E-state index in [1.54, 1.807) is 36.2 Å². The summed E-state index contributed by atoms with van der Waals surface area (Å²) in [6.45, 7) is 0.679. The summed E-state index contributed by atoms with van der Waals surface area (Å²) in [6.07, 6.45) is 1.36. The number of imide groups is 1. The molecule has 1 atom stereocenters. The summed E-state index contributed by atoms with van der Waals surface area (Å²) in [7, 11) is 1.70. The van der Waals surface area contributed by atoms with Gasteiger partial charge in [0.1, 0.15) is 6.04 Å². The van der Waals surface area contributed by atoms with E-state index in [2.05, 4.69) is 0 Å². The van der Waals surface area contributed by atoms with Crippen LogP contribution in [0.15, 0.2) is 24.3 Å². The minimum Gasteiger partial charge on any atom is -0.344 e. The lowest BCUT2D eigenvalue weighted by atomic mass is 10.0. The van der Waals surface area contributed by atoms with Crippen LogP contribution in [0.2, 0.25) is 0 Å². The van der Waals surface area contributed by atoms with Crippen LogP contribution in [-0.2, 0) is 4.79 Å². The normalized spacial score (nSPS) is 23.0. The summed E-state index contributed by atoms with van der Waals surface area (Å²) < 4.78 is 0. The van der Waals surface area contributed by atoms with Crippen LogP contribution in [0.1, 0.15) is 33.6 Å². The molecule has 19 heavy (non-hydrogen) atoms. The lowest BCUT2D eigenvalue weighted by Crippen LogP contribution is -2.53. The Morgan fingerprint density at radius 2 is 1.63 bits per heavy atom. The molecule has 2 aliphatic heterocycles. The largest absolute Gasteiger partial charge is 0.344 e. The van der Waals surface area contributed by atoms with Crippen molar-refractivity contribution < 1.29 is 14.4 Å². The second-order valence-electron chi connectivity index (χ2n) is 4.94. The predicted octanol–water partition coefficient (Wildman–Crippen LogP) is 0.903. The summed E-state index contributed by atoms with van der Waals surface area (Å²) >= 11 is 0. The first-order valence-electron chi connectivity index (χ1n) is 6.33. The molecule has 0 saturated carbocycles. The Kier molecular flexibility index (Phi) is 2.62. The van der Waals surface area contributed by atoms with Gasteiger partial charge in [0.2, 0.25) is 5.91 Å². The van der Waals surface area contributed by atoms with Gasteiger partial charge in [-0.3, -0.25) is 19.3 Å². The molecule has 1 aromatic rings. The predicted molar refractivity (Wildman–Crippen MR) is 67.6 cm³/mol. The summed E-state index contributed by atoms with van der Waals surface area (Å²) in [6, 6.07) is 6.07. The number of benzene rings is 1. The van der Waals surface area contributed by atoms with Gasteiger partial charge in [-0.15, -0.1) is 0 Å². The van der Waals surface area contributed by atoms with Gasteiger partial charge in [0.15, 0.2) is 0 Å². The van der Waals surface area contributed by atoms with E-state index >= 15 is 0 Å². The van der Waals surface area contributed by atoms with E-state index in [4.69, 9.17) is 0 Å². The Morgan fingerprint density at radius 1 is 1.05 bits per heavy atom. The number of carbonyl (C=O) groups is 3. The van der Waals surface area contributed by atoms with Crippen molar-refractivity contribution >= 4 is 17.7 Å². The van der Waals surface area contributed by atoms with E-state index in [1.165, 1.54) is 0 Å². The summed E-state index contributed by atoms with van der Waals surface area (Å²) in [5.74, 6) is -0.857. The van der Waals surface area contributed by atoms with E-state index in [-0.39, 0.29) is 17.7 Å². The molecule has 98 valence electrons. The highest BCUT2D eigenvalue weighted by Gasteiger charge is 2.44. The van der Waals surface area contributed by atoms with Crippen LogP contribution in [0, 0.1) is 0 Å². The minimum atomic E-state index is -0.647. The number of piperidine rings is 1. The zero-order chi connectivity index (χ0) is 13.6. The maximum Gasteiger partial charge on any atom is 0.262 e. The number of amides is 3. The molecule has 1 aromatic carbocycles. The molecule has 0 unspecified atom stereocenters. The molecule has 0 bridgehead atoms. The van der Waals surface area contributed by atoms with Crippen LogP contribution < -0.4 is 0 Å². The van der Waals surface area contributed by atoms with Gasteiger partial charge in [-0.2, -0.15) is 0 Å². The van der Waals surface area contributed by atoms with E-state index in [1.807, 2.05) is 0 Å². The van der Waals surface area contributed by atoms with Gasteiger partial charge >= 0.3 is 0 Å². The number of fused-ring (bicyclic) bond motifs is 1. The molecule has 5 heteroatoms. The van der Waals surface area contributed by atoms with E-state index in [9.17, 15) is 14.4 Å². The number of likely N-dealkylation sites (tertiary alicyclic amines) is 1.